The first-order valence-electron chi connectivity index (χ1n) is 11.5. The highest BCUT2D eigenvalue weighted by atomic mass is 35.5. The highest BCUT2D eigenvalue weighted by molar-refractivity contribution is 6.42. The van der Waals surface area contributed by atoms with E-state index in [-0.39, 0.29) is 18.1 Å². The van der Waals surface area contributed by atoms with Gasteiger partial charge in [0.15, 0.2) is 11.5 Å². The average molecular weight is 549 g/mol. The molecule has 10 heteroatoms. The standard InChI is InChI=1S/C28H22Cl2N4O4/c1-35-18-5-3-4-17(11-18)26-25-24(19(13-31)27(32)38-28(25)34-33-26)16-7-9-22(23(12-16)36-2)37-14-15-6-8-20(29)21(30)10-15/h3-12,24H,14,32H2,1-2H3,(H,33,34). The van der Waals surface area contributed by atoms with Crippen LogP contribution in [0.25, 0.3) is 11.3 Å². The zero-order valence-electron chi connectivity index (χ0n) is 20.4. The molecule has 38 heavy (non-hydrogen) atoms. The molecule has 1 aliphatic rings. The van der Waals surface area contributed by atoms with Crippen molar-refractivity contribution in [2.75, 3.05) is 14.2 Å². The number of nitrogens with zero attached hydrogens (tertiary/aromatic N) is 2. The van der Waals surface area contributed by atoms with E-state index in [2.05, 4.69) is 16.3 Å². The van der Waals surface area contributed by atoms with Crippen LogP contribution in [0.15, 0.2) is 72.1 Å². The van der Waals surface area contributed by atoms with Crippen LogP contribution in [-0.2, 0) is 6.61 Å². The maximum atomic E-state index is 10.0. The Morgan fingerprint density at radius 1 is 1.03 bits per heavy atom. The maximum absolute atomic E-state index is 10.0. The summed E-state index contributed by atoms with van der Waals surface area (Å²) in [5.41, 5.74) is 10.2. The van der Waals surface area contributed by atoms with Crippen LogP contribution in [0.3, 0.4) is 0 Å². The lowest BCUT2D eigenvalue weighted by Gasteiger charge is -2.25. The molecule has 192 valence electrons. The van der Waals surface area contributed by atoms with Gasteiger partial charge in [-0.3, -0.25) is 5.10 Å². The van der Waals surface area contributed by atoms with Gasteiger partial charge in [0.05, 0.1) is 41.4 Å². The second-order valence-corrected chi connectivity index (χ2v) is 9.24. The van der Waals surface area contributed by atoms with Gasteiger partial charge in [-0.05, 0) is 47.5 Å². The van der Waals surface area contributed by atoms with Gasteiger partial charge in [-0.1, -0.05) is 47.5 Å². The minimum Gasteiger partial charge on any atom is -0.497 e. The summed E-state index contributed by atoms with van der Waals surface area (Å²) in [6.45, 7) is 0.256. The monoisotopic (exact) mass is 548 g/mol. The van der Waals surface area contributed by atoms with Gasteiger partial charge in [-0.15, -0.1) is 5.10 Å². The van der Waals surface area contributed by atoms with E-state index < -0.39 is 5.92 Å². The minimum absolute atomic E-state index is 0.00685. The lowest BCUT2D eigenvalue weighted by Crippen LogP contribution is -2.21. The largest absolute Gasteiger partial charge is 0.497 e. The molecule has 0 aliphatic carbocycles. The summed E-state index contributed by atoms with van der Waals surface area (Å²) in [5, 5.41) is 18.3. The molecule has 0 saturated heterocycles. The molecular formula is C28H22Cl2N4O4. The van der Waals surface area contributed by atoms with E-state index in [9.17, 15) is 5.26 Å². The molecule has 1 aromatic heterocycles. The number of hydrogen-bond acceptors (Lipinski definition) is 7. The number of nitrogens with two attached hydrogens (primary N) is 1. The predicted octanol–water partition coefficient (Wildman–Crippen LogP) is 6.20. The summed E-state index contributed by atoms with van der Waals surface area (Å²) in [7, 11) is 3.15. The van der Waals surface area contributed by atoms with Crippen molar-refractivity contribution < 1.29 is 18.9 Å². The zero-order chi connectivity index (χ0) is 26.8. The summed E-state index contributed by atoms with van der Waals surface area (Å²) in [4.78, 5) is 0. The summed E-state index contributed by atoms with van der Waals surface area (Å²) < 4.78 is 22.8. The Kier molecular flexibility index (Phi) is 7.05. The number of hydrogen-bond donors (Lipinski definition) is 2. The van der Waals surface area contributed by atoms with Gasteiger partial charge >= 0.3 is 0 Å². The Hall–Kier alpha value is -4.32. The Labute approximate surface area is 229 Å². The third kappa shape index (κ3) is 4.70. The summed E-state index contributed by atoms with van der Waals surface area (Å²) in [6.07, 6.45) is 0. The fourth-order valence-corrected chi connectivity index (χ4v) is 4.67. The normalized spacial score (nSPS) is 14.3. The number of methoxy groups -OCH3 is 2. The van der Waals surface area contributed by atoms with E-state index in [0.29, 0.717) is 44.4 Å². The quantitative estimate of drug-likeness (QED) is 0.282. The zero-order valence-corrected chi connectivity index (χ0v) is 21.9. The molecule has 4 aromatic rings. The Morgan fingerprint density at radius 2 is 1.87 bits per heavy atom. The maximum Gasteiger partial charge on any atom is 0.244 e. The topological polar surface area (TPSA) is 115 Å². The molecule has 1 atom stereocenters. The Bertz CT molecular complexity index is 1590. The number of nitrogens with one attached hydrogen (secondary N) is 1. The van der Waals surface area contributed by atoms with Crippen LogP contribution in [0.4, 0.5) is 0 Å². The lowest BCUT2D eigenvalue weighted by molar-refractivity contribution is 0.284. The summed E-state index contributed by atoms with van der Waals surface area (Å²) in [5.74, 6) is 1.40. The third-order valence-corrected chi connectivity index (χ3v) is 6.94. The van der Waals surface area contributed by atoms with Crippen molar-refractivity contribution in [3.8, 4) is 40.5 Å². The molecule has 0 saturated carbocycles. The highest BCUT2D eigenvalue weighted by Gasteiger charge is 2.36. The number of H-pyrrole nitrogens is 1. The van der Waals surface area contributed by atoms with Crippen LogP contribution in [0.5, 0.6) is 23.1 Å². The number of aromatic nitrogens is 2. The van der Waals surface area contributed by atoms with Gasteiger partial charge in [0, 0.05) is 5.56 Å². The fraction of sp³-hybridized carbons (Fsp3) is 0.143. The van der Waals surface area contributed by atoms with Crippen molar-refractivity contribution in [1.29, 1.82) is 5.26 Å². The van der Waals surface area contributed by atoms with Crippen LogP contribution in [0, 0.1) is 11.3 Å². The average Bonchev–Trinajstić information content (AvgIpc) is 3.36. The number of rotatable bonds is 7. The van der Waals surface area contributed by atoms with E-state index in [1.54, 1.807) is 32.4 Å². The van der Waals surface area contributed by atoms with Crippen molar-refractivity contribution in [2.45, 2.75) is 12.5 Å². The van der Waals surface area contributed by atoms with Crippen molar-refractivity contribution in [3.63, 3.8) is 0 Å². The van der Waals surface area contributed by atoms with Gasteiger partial charge in [0.25, 0.3) is 0 Å². The number of fused-ring (bicyclic) bond motifs is 1. The summed E-state index contributed by atoms with van der Waals surface area (Å²) in [6, 6.07) is 20.5. The first-order valence-corrected chi connectivity index (χ1v) is 12.2. The molecule has 0 radical (unpaired) electrons. The molecule has 1 unspecified atom stereocenters. The van der Waals surface area contributed by atoms with Crippen LogP contribution < -0.4 is 24.7 Å². The SMILES string of the molecule is COc1cccc(-c2[nH]nc3c2C(c2ccc(OCc4ccc(Cl)c(Cl)c4)c(OC)c2)C(C#N)=C(N)O3)c1. The molecule has 0 fully saturated rings. The van der Waals surface area contributed by atoms with E-state index in [4.69, 9.17) is 47.9 Å². The van der Waals surface area contributed by atoms with Crippen molar-refractivity contribution in [2.24, 2.45) is 5.73 Å². The molecule has 0 amide bonds. The number of ether oxygens (including phenoxy) is 4. The number of allylic oxidation sites excluding steroid dienone is 1. The number of aromatic amines is 1. The van der Waals surface area contributed by atoms with Gasteiger partial charge in [0.2, 0.25) is 11.8 Å². The molecule has 1 aliphatic heterocycles. The predicted molar refractivity (Wildman–Crippen MR) is 144 cm³/mol. The van der Waals surface area contributed by atoms with Crippen LogP contribution in [0.1, 0.15) is 22.6 Å². The van der Waals surface area contributed by atoms with E-state index in [1.807, 2.05) is 42.5 Å². The van der Waals surface area contributed by atoms with E-state index in [0.717, 1.165) is 16.7 Å². The molecule has 3 aromatic carbocycles. The van der Waals surface area contributed by atoms with Crippen molar-refractivity contribution in [3.05, 3.63) is 98.9 Å². The smallest absolute Gasteiger partial charge is 0.244 e. The van der Waals surface area contributed by atoms with Crippen molar-refractivity contribution >= 4 is 23.2 Å². The minimum atomic E-state index is -0.568. The molecule has 0 spiro atoms. The Balaban J connectivity index is 1.54. The van der Waals surface area contributed by atoms with Gasteiger partial charge < -0.3 is 24.7 Å². The second kappa shape index (κ2) is 10.6. The van der Waals surface area contributed by atoms with Gasteiger partial charge in [0.1, 0.15) is 24.0 Å². The molecule has 0 bridgehead atoms. The first-order chi connectivity index (χ1) is 18.4. The lowest BCUT2D eigenvalue weighted by atomic mass is 9.83. The second-order valence-electron chi connectivity index (χ2n) is 8.42. The van der Waals surface area contributed by atoms with Crippen LogP contribution in [0.2, 0.25) is 10.0 Å². The Morgan fingerprint density at radius 3 is 2.61 bits per heavy atom. The molecule has 5 rings (SSSR count). The summed E-state index contributed by atoms with van der Waals surface area (Å²) >= 11 is 12.1. The molecule has 3 N–H and O–H groups in total. The number of nitriles is 1. The molecular weight excluding hydrogens is 527 g/mol. The van der Waals surface area contributed by atoms with Crippen molar-refractivity contribution in [1.82, 2.24) is 10.2 Å². The fourth-order valence-electron chi connectivity index (χ4n) is 4.35. The van der Waals surface area contributed by atoms with Gasteiger partial charge in [-0.25, -0.2) is 0 Å². The van der Waals surface area contributed by atoms with E-state index in [1.165, 1.54) is 0 Å². The van der Waals surface area contributed by atoms with Crippen LogP contribution >= 0.6 is 23.2 Å². The van der Waals surface area contributed by atoms with Gasteiger partial charge in [-0.2, -0.15) is 5.26 Å². The molecule has 2 heterocycles. The number of halogens is 2. The van der Waals surface area contributed by atoms with Crippen LogP contribution in [-0.4, -0.2) is 24.4 Å². The molecule has 8 nitrogen and oxygen atoms in total. The van der Waals surface area contributed by atoms with E-state index >= 15 is 0 Å². The number of benzene rings is 3. The highest BCUT2D eigenvalue weighted by Crippen LogP contribution is 2.47. The first kappa shape index (κ1) is 25.3. The third-order valence-electron chi connectivity index (χ3n) is 6.20.